The maximum Gasteiger partial charge on any atom is 0.387 e. The monoisotopic (exact) mass is 319 g/mol. The molecule has 0 aliphatic rings. The third kappa shape index (κ3) is 5.70. The zero-order chi connectivity index (χ0) is 16.7. The average molecular weight is 319 g/mol. The second-order valence-corrected chi connectivity index (χ2v) is 5.32. The molecule has 122 valence electrons. The molecule has 0 aliphatic carbocycles. The summed E-state index contributed by atoms with van der Waals surface area (Å²) in [6.45, 7) is -0.472. The highest BCUT2D eigenvalue weighted by Gasteiger charge is 2.11. The van der Waals surface area contributed by atoms with Crippen molar-refractivity contribution >= 4 is 5.91 Å². The van der Waals surface area contributed by atoms with Crippen LogP contribution in [0.15, 0.2) is 54.6 Å². The van der Waals surface area contributed by atoms with E-state index in [0.717, 1.165) is 11.1 Å². The number of amides is 1. The standard InChI is InChI=1S/C18H19F2NO2/c1-13(15-5-3-2-4-6-15)11-17(22)21-12-14-7-9-16(10-8-14)23-18(19)20/h2-10,13,18H,11-12H2,1H3,(H,21,22)/t13-/m0/s1. The summed E-state index contributed by atoms with van der Waals surface area (Å²) in [5.74, 6) is 0.194. The number of benzene rings is 2. The van der Waals surface area contributed by atoms with E-state index in [9.17, 15) is 13.6 Å². The molecule has 0 unspecified atom stereocenters. The lowest BCUT2D eigenvalue weighted by molar-refractivity contribution is -0.121. The Morgan fingerprint density at radius 3 is 2.35 bits per heavy atom. The van der Waals surface area contributed by atoms with Gasteiger partial charge in [0.15, 0.2) is 0 Å². The minimum absolute atomic E-state index is 0.0470. The molecule has 1 amide bonds. The van der Waals surface area contributed by atoms with E-state index >= 15 is 0 Å². The van der Waals surface area contributed by atoms with Crippen LogP contribution in [-0.4, -0.2) is 12.5 Å². The van der Waals surface area contributed by atoms with Gasteiger partial charge in [-0.2, -0.15) is 8.78 Å². The molecular formula is C18H19F2NO2. The third-order valence-electron chi connectivity index (χ3n) is 3.50. The van der Waals surface area contributed by atoms with Crippen LogP contribution in [-0.2, 0) is 11.3 Å². The van der Waals surface area contributed by atoms with Gasteiger partial charge in [-0.1, -0.05) is 49.4 Å². The summed E-state index contributed by atoms with van der Waals surface area (Å²) in [4.78, 5) is 12.0. The lowest BCUT2D eigenvalue weighted by Gasteiger charge is -2.12. The van der Waals surface area contributed by atoms with Crippen molar-refractivity contribution < 1.29 is 18.3 Å². The van der Waals surface area contributed by atoms with Crippen LogP contribution in [0.25, 0.3) is 0 Å². The van der Waals surface area contributed by atoms with Gasteiger partial charge in [-0.3, -0.25) is 4.79 Å². The molecule has 0 aliphatic heterocycles. The number of hydrogen-bond acceptors (Lipinski definition) is 2. The van der Waals surface area contributed by atoms with Crippen molar-refractivity contribution in [1.82, 2.24) is 5.32 Å². The van der Waals surface area contributed by atoms with E-state index in [1.807, 2.05) is 37.3 Å². The van der Waals surface area contributed by atoms with Gasteiger partial charge in [0.1, 0.15) is 5.75 Å². The van der Waals surface area contributed by atoms with Gasteiger partial charge in [0.25, 0.3) is 0 Å². The minimum atomic E-state index is -2.83. The molecule has 0 aromatic heterocycles. The van der Waals surface area contributed by atoms with Crippen LogP contribution in [0.5, 0.6) is 5.75 Å². The first-order valence-corrected chi connectivity index (χ1v) is 7.40. The Morgan fingerprint density at radius 1 is 1.09 bits per heavy atom. The van der Waals surface area contributed by atoms with Crippen molar-refractivity contribution in [1.29, 1.82) is 0 Å². The highest BCUT2D eigenvalue weighted by atomic mass is 19.3. The van der Waals surface area contributed by atoms with Crippen LogP contribution >= 0.6 is 0 Å². The van der Waals surface area contributed by atoms with Crippen molar-refractivity contribution in [2.24, 2.45) is 0 Å². The molecule has 0 bridgehead atoms. The Morgan fingerprint density at radius 2 is 1.74 bits per heavy atom. The summed E-state index contributed by atoms with van der Waals surface area (Å²) in [6.07, 6.45) is 0.399. The lowest BCUT2D eigenvalue weighted by Crippen LogP contribution is -2.24. The van der Waals surface area contributed by atoms with Gasteiger partial charge >= 0.3 is 6.61 Å². The van der Waals surface area contributed by atoms with Crippen molar-refractivity contribution in [2.75, 3.05) is 0 Å². The molecule has 2 aromatic rings. The van der Waals surface area contributed by atoms with Crippen molar-refractivity contribution in [3.8, 4) is 5.75 Å². The number of halogens is 2. The molecule has 0 heterocycles. The first-order valence-electron chi connectivity index (χ1n) is 7.40. The van der Waals surface area contributed by atoms with Crippen LogP contribution in [0.4, 0.5) is 8.78 Å². The number of nitrogens with one attached hydrogen (secondary N) is 1. The Bertz CT molecular complexity index is 615. The van der Waals surface area contributed by atoms with Crippen LogP contribution in [0.1, 0.15) is 30.4 Å². The maximum atomic E-state index is 12.1. The van der Waals surface area contributed by atoms with Gasteiger partial charge in [-0.15, -0.1) is 0 Å². The Balaban J connectivity index is 1.80. The topological polar surface area (TPSA) is 38.3 Å². The van der Waals surface area contributed by atoms with Gasteiger partial charge in [-0.05, 0) is 29.2 Å². The SMILES string of the molecule is C[C@@H](CC(=O)NCc1ccc(OC(F)F)cc1)c1ccccc1. The summed E-state index contributed by atoms with van der Waals surface area (Å²) in [7, 11) is 0. The average Bonchev–Trinajstić information content (AvgIpc) is 2.54. The van der Waals surface area contributed by atoms with E-state index in [1.54, 1.807) is 12.1 Å². The first kappa shape index (κ1) is 16.9. The summed E-state index contributed by atoms with van der Waals surface area (Å²) in [5, 5.41) is 2.83. The summed E-state index contributed by atoms with van der Waals surface area (Å²) in [5.41, 5.74) is 1.95. The second-order valence-electron chi connectivity index (χ2n) is 5.32. The molecule has 1 N–H and O–H groups in total. The van der Waals surface area contributed by atoms with E-state index in [2.05, 4.69) is 10.1 Å². The summed E-state index contributed by atoms with van der Waals surface area (Å²) < 4.78 is 28.4. The third-order valence-corrected chi connectivity index (χ3v) is 3.50. The molecule has 1 atom stereocenters. The predicted octanol–water partition coefficient (Wildman–Crippen LogP) is 4.10. The fourth-order valence-electron chi connectivity index (χ4n) is 2.24. The van der Waals surface area contributed by atoms with E-state index in [0.29, 0.717) is 13.0 Å². The smallest absolute Gasteiger partial charge is 0.387 e. The normalized spacial score (nSPS) is 12.0. The van der Waals surface area contributed by atoms with Gasteiger partial charge < -0.3 is 10.1 Å². The molecule has 2 rings (SSSR count). The summed E-state index contributed by atoms with van der Waals surface area (Å²) >= 11 is 0. The fraction of sp³-hybridized carbons (Fsp3) is 0.278. The van der Waals surface area contributed by atoms with Gasteiger partial charge in [-0.25, -0.2) is 0 Å². The molecule has 0 radical (unpaired) electrons. The molecule has 2 aromatic carbocycles. The van der Waals surface area contributed by atoms with Crippen LogP contribution in [0.2, 0.25) is 0 Å². The zero-order valence-corrected chi connectivity index (χ0v) is 12.8. The number of carbonyl (C=O) groups is 1. The maximum absolute atomic E-state index is 12.1. The Kier molecular flexibility index (Phi) is 6.09. The number of rotatable bonds is 7. The Labute approximate surface area is 134 Å². The highest BCUT2D eigenvalue weighted by Crippen LogP contribution is 2.18. The molecule has 0 spiro atoms. The van der Waals surface area contributed by atoms with Gasteiger partial charge in [0.05, 0.1) is 0 Å². The van der Waals surface area contributed by atoms with E-state index in [1.165, 1.54) is 12.1 Å². The molecule has 5 heteroatoms. The molecule has 0 saturated heterocycles. The van der Waals surface area contributed by atoms with Gasteiger partial charge in [0.2, 0.25) is 5.91 Å². The van der Waals surface area contributed by atoms with E-state index in [4.69, 9.17) is 0 Å². The fourth-order valence-corrected chi connectivity index (χ4v) is 2.24. The highest BCUT2D eigenvalue weighted by molar-refractivity contribution is 5.76. The second kappa shape index (κ2) is 8.27. The number of ether oxygens (including phenoxy) is 1. The largest absolute Gasteiger partial charge is 0.435 e. The van der Waals surface area contributed by atoms with Crippen molar-refractivity contribution in [3.63, 3.8) is 0 Å². The number of carbonyl (C=O) groups excluding carboxylic acids is 1. The Hall–Kier alpha value is -2.43. The minimum Gasteiger partial charge on any atom is -0.435 e. The van der Waals surface area contributed by atoms with Crippen LogP contribution in [0.3, 0.4) is 0 Å². The van der Waals surface area contributed by atoms with Crippen molar-refractivity contribution in [3.05, 3.63) is 65.7 Å². The zero-order valence-electron chi connectivity index (χ0n) is 12.8. The predicted molar refractivity (Wildman–Crippen MR) is 84.4 cm³/mol. The van der Waals surface area contributed by atoms with Crippen LogP contribution < -0.4 is 10.1 Å². The molecule has 23 heavy (non-hydrogen) atoms. The van der Waals surface area contributed by atoms with Crippen molar-refractivity contribution in [2.45, 2.75) is 32.4 Å². The quantitative estimate of drug-likeness (QED) is 0.834. The first-order chi connectivity index (χ1) is 11.0. The molecule has 3 nitrogen and oxygen atoms in total. The molecule has 0 fully saturated rings. The molecular weight excluding hydrogens is 300 g/mol. The van der Waals surface area contributed by atoms with Crippen LogP contribution in [0, 0.1) is 0 Å². The van der Waals surface area contributed by atoms with E-state index < -0.39 is 6.61 Å². The lowest BCUT2D eigenvalue weighted by atomic mass is 9.97. The number of hydrogen-bond donors (Lipinski definition) is 1. The van der Waals surface area contributed by atoms with E-state index in [-0.39, 0.29) is 17.6 Å². The van der Waals surface area contributed by atoms with Gasteiger partial charge in [0, 0.05) is 13.0 Å². The number of alkyl halides is 2. The summed E-state index contributed by atoms with van der Waals surface area (Å²) in [6, 6.07) is 16.1. The molecule has 0 saturated carbocycles.